The highest BCUT2D eigenvalue weighted by molar-refractivity contribution is 5.50. The third-order valence-corrected chi connectivity index (χ3v) is 4.00. The first-order chi connectivity index (χ1) is 9.13. The van der Waals surface area contributed by atoms with Gasteiger partial charge in [-0.1, -0.05) is 0 Å². The van der Waals surface area contributed by atoms with Crippen molar-refractivity contribution in [2.45, 2.75) is 38.6 Å². The molecule has 1 saturated heterocycles. The third-order valence-electron chi connectivity index (χ3n) is 4.00. The van der Waals surface area contributed by atoms with Gasteiger partial charge in [0.25, 0.3) is 0 Å². The van der Waals surface area contributed by atoms with Crippen LogP contribution in [0.4, 0.5) is 5.69 Å². The molecule has 0 amide bonds. The number of hydrogen-bond acceptors (Lipinski definition) is 4. The topological polar surface area (TPSA) is 59.5 Å². The predicted molar refractivity (Wildman–Crippen MR) is 76.1 cm³/mol. The standard InChI is InChI=1S/C14H21N5/c1-10(2)18-6-3-11(4-7-18)14-16-13-9-12(15)5-8-19(13)17-14/h5,8-11H,3-4,6-7,15H2,1-2H3. The molecule has 0 bridgehead atoms. The largest absolute Gasteiger partial charge is 0.399 e. The van der Waals surface area contributed by atoms with Gasteiger partial charge in [0, 0.05) is 29.9 Å². The van der Waals surface area contributed by atoms with Crippen molar-refractivity contribution in [3.8, 4) is 0 Å². The Hall–Kier alpha value is -1.62. The van der Waals surface area contributed by atoms with E-state index >= 15 is 0 Å². The first-order valence-electron chi connectivity index (χ1n) is 6.99. The van der Waals surface area contributed by atoms with Crippen LogP contribution in [0.2, 0.25) is 0 Å². The lowest BCUT2D eigenvalue weighted by Crippen LogP contribution is -2.38. The summed E-state index contributed by atoms with van der Waals surface area (Å²) in [5.74, 6) is 1.45. The molecule has 3 rings (SSSR count). The number of anilines is 1. The van der Waals surface area contributed by atoms with Gasteiger partial charge in [0.1, 0.15) is 0 Å². The number of nitrogens with zero attached hydrogens (tertiary/aromatic N) is 4. The second-order valence-corrected chi connectivity index (χ2v) is 5.64. The number of likely N-dealkylation sites (tertiary alicyclic amines) is 1. The zero-order valence-electron chi connectivity index (χ0n) is 11.6. The maximum atomic E-state index is 5.78. The molecule has 0 aliphatic carbocycles. The third kappa shape index (κ3) is 2.42. The molecule has 1 aliphatic heterocycles. The fraction of sp³-hybridized carbons (Fsp3) is 0.571. The molecule has 2 aromatic rings. The lowest BCUT2D eigenvalue weighted by molar-refractivity contribution is 0.169. The van der Waals surface area contributed by atoms with Crippen molar-refractivity contribution >= 4 is 11.3 Å². The Morgan fingerprint density at radius 3 is 2.74 bits per heavy atom. The lowest BCUT2D eigenvalue weighted by Gasteiger charge is -2.33. The first kappa shape index (κ1) is 12.4. The summed E-state index contributed by atoms with van der Waals surface area (Å²) in [5, 5.41) is 4.58. The Kier molecular flexibility index (Phi) is 3.14. The summed E-state index contributed by atoms with van der Waals surface area (Å²) < 4.78 is 1.82. The molecule has 2 aromatic heterocycles. The number of piperidine rings is 1. The van der Waals surface area contributed by atoms with E-state index in [1.807, 2.05) is 22.8 Å². The SMILES string of the molecule is CC(C)N1CCC(c2nc3cc(N)ccn3n2)CC1. The van der Waals surface area contributed by atoms with Crippen molar-refractivity contribution in [2.24, 2.45) is 0 Å². The summed E-state index contributed by atoms with van der Waals surface area (Å²) >= 11 is 0. The van der Waals surface area contributed by atoms with Gasteiger partial charge in [-0.15, -0.1) is 0 Å². The van der Waals surface area contributed by atoms with Crippen LogP contribution in [0.1, 0.15) is 38.4 Å². The van der Waals surface area contributed by atoms with E-state index in [1.165, 1.54) is 0 Å². The highest BCUT2D eigenvalue weighted by Crippen LogP contribution is 2.27. The Morgan fingerprint density at radius 1 is 1.32 bits per heavy atom. The van der Waals surface area contributed by atoms with Crippen molar-refractivity contribution in [2.75, 3.05) is 18.8 Å². The van der Waals surface area contributed by atoms with E-state index in [9.17, 15) is 0 Å². The molecule has 3 heterocycles. The van der Waals surface area contributed by atoms with E-state index in [0.717, 1.165) is 43.1 Å². The predicted octanol–water partition coefficient (Wildman–Crippen LogP) is 1.90. The van der Waals surface area contributed by atoms with Crippen molar-refractivity contribution in [3.63, 3.8) is 0 Å². The number of hydrogen-bond donors (Lipinski definition) is 1. The fourth-order valence-electron chi connectivity index (χ4n) is 2.76. The molecule has 19 heavy (non-hydrogen) atoms. The first-order valence-corrected chi connectivity index (χ1v) is 6.99. The molecule has 0 radical (unpaired) electrons. The van der Waals surface area contributed by atoms with Crippen LogP contribution in [0.5, 0.6) is 0 Å². The fourth-order valence-corrected chi connectivity index (χ4v) is 2.76. The van der Waals surface area contributed by atoms with Crippen molar-refractivity contribution in [1.82, 2.24) is 19.5 Å². The number of aromatic nitrogens is 3. The zero-order chi connectivity index (χ0) is 13.4. The van der Waals surface area contributed by atoms with Crippen LogP contribution < -0.4 is 5.73 Å². The molecule has 0 spiro atoms. The molecule has 1 fully saturated rings. The van der Waals surface area contributed by atoms with E-state index < -0.39 is 0 Å². The van der Waals surface area contributed by atoms with Crippen molar-refractivity contribution in [1.29, 1.82) is 0 Å². The van der Waals surface area contributed by atoms with Crippen molar-refractivity contribution in [3.05, 3.63) is 24.2 Å². The smallest absolute Gasteiger partial charge is 0.157 e. The number of fused-ring (bicyclic) bond motifs is 1. The molecule has 0 aromatic carbocycles. The van der Waals surface area contributed by atoms with Crippen LogP contribution in [0.15, 0.2) is 18.3 Å². The molecular weight excluding hydrogens is 238 g/mol. The van der Waals surface area contributed by atoms with Crippen LogP contribution in [0.25, 0.3) is 5.65 Å². The summed E-state index contributed by atoms with van der Waals surface area (Å²) in [7, 11) is 0. The number of rotatable bonds is 2. The van der Waals surface area contributed by atoms with Gasteiger partial charge in [-0.3, -0.25) is 0 Å². The van der Waals surface area contributed by atoms with Gasteiger partial charge in [0.15, 0.2) is 11.5 Å². The molecule has 0 unspecified atom stereocenters. The lowest BCUT2D eigenvalue weighted by atomic mass is 9.95. The van der Waals surface area contributed by atoms with Crippen LogP contribution >= 0.6 is 0 Å². The second kappa shape index (κ2) is 4.81. The van der Waals surface area contributed by atoms with Gasteiger partial charge in [0.05, 0.1) is 0 Å². The highest BCUT2D eigenvalue weighted by Gasteiger charge is 2.24. The maximum Gasteiger partial charge on any atom is 0.157 e. The Balaban J connectivity index is 1.78. The summed E-state index contributed by atoms with van der Waals surface area (Å²) in [6.07, 6.45) is 4.17. The minimum atomic E-state index is 0.483. The van der Waals surface area contributed by atoms with Gasteiger partial charge in [-0.25, -0.2) is 9.50 Å². The van der Waals surface area contributed by atoms with E-state index in [2.05, 4.69) is 28.8 Å². The molecule has 2 N–H and O–H groups in total. The molecule has 5 heteroatoms. The number of nitrogens with two attached hydrogens (primary N) is 1. The normalized spacial score (nSPS) is 18.5. The van der Waals surface area contributed by atoms with Crippen LogP contribution in [0.3, 0.4) is 0 Å². The van der Waals surface area contributed by atoms with Gasteiger partial charge in [-0.2, -0.15) is 5.10 Å². The Morgan fingerprint density at radius 2 is 2.05 bits per heavy atom. The summed E-state index contributed by atoms with van der Waals surface area (Å²) in [6, 6.07) is 4.36. The van der Waals surface area contributed by atoms with E-state index in [-0.39, 0.29) is 0 Å². The summed E-state index contributed by atoms with van der Waals surface area (Å²) in [6.45, 7) is 6.79. The van der Waals surface area contributed by atoms with E-state index in [0.29, 0.717) is 12.0 Å². The Labute approximate surface area is 113 Å². The monoisotopic (exact) mass is 259 g/mol. The molecule has 5 nitrogen and oxygen atoms in total. The Bertz CT molecular complexity index is 566. The molecule has 0 saturated carbocycles. The van der Waals surface area contributed by atoms with Crippen LogP contribution in [-0.4, -0.2) is 38.6 Å². The van der Waals surface area contributed by atoms with E-state index in [4.69, 9.17) is 5.73 Å². The van der Waals surface area contributed by atoms with E-state index in [1.54, 1.807) is 0 Å². The average molecular weight is 259 g/mol. The van der Waals surface area contributed by atoms with Crippen LogP contribution in [0, 0.1) is 0 Å². The molecular formula is C14H21N5. The van der Waals surface area contributed by atoms with Gasteiger partial charge in [0.2, 0.25) is 0 Å². The zero-order valence-corrected chi connectivity index (χ0v) is 11.6. The maximum absolute atomic E-state index is 5.78. The quantitative estimate of drug-likeness (QED) is 0.895. The summed E-state index contributed by atoms with van der Waals surface area (Å²) in [4.78, 5) is 7.14. The van der Waals surface area contributed by atoms with Gasteiger partial charge in [-0.05, 0) is 45.8 Å². The number of nitrogen functional groups attached to an aromatic ring is 1. The van der Waals surface area contributed by atoms with Gasteiger partial charge >= 0.3 is 0 Å². The minimum Gasteiger partial charge on any atom is -0.399 e. The average Bonchev–Trinajstić information content (AvgIpc) is 2.81. The molecule has 1 aliphatic rings. The molecule has 102 valence electrons. The summed E-state index contributed by atoms with van der Waals surface area (Å²) in [5.41, 5.74) is 7.36. The second-order valence-electron chi connectivity index (χ2n) is 5.64. The van der Waals surface area contributed by atoms with Crippen LogP contribution in [-0.2, 0) is 0 Å². The minimum absolute atomic E-state index is 0.483. The number of pyridine rings is 1. The van der Waals surface area contributed by atoms with Crippen molar-refractivity contribution < 1.29 is 0 Å². The van der Waals surface area contributed by atoms with Gasteiger partial charge < -0.3 is 10.6 Å². The molecule has 0 atom stereocenters. The highest BCUT2D eigenvalue weighted by atomic mass is 15.3.